The summed E-state index contributed by atoms with van der Waals surface area (Å²) in [6, 6.07) is 1.34. The lowest BCUT2D eigenvalue weighted by Gasteiger charge is -2.36. The lowest BCUT2D eigenvalue weighted by molar-refractivity contribution is -0.112. The number of nitrogens with zero attached hydrogens (tertiary/aromatic N) is 2. The van der Waals surface area contributed by atoms with Crippen molar-refractivity contribution >= 4 is 24.6 Å². The van der Waals surface area contributed by atoms with Gasteiger partial charge in [0.2, 0.25) is 0 Å². The number of hydrogen-bond donors (Lipinski definition) is 1. The molecular formula is C13H15ClF3N3O2. The van der Waals surface area contributed by atoms with Gasteiger partial charge in [0.05, 0.1) is 0 Å². The van der Waals surface area contributed by atoms with Crippen LogP contribution in [0.4, 0.5) is 13.2 Å². The van der Waals surface area contributed by atoms with Crippen molar-refractivity contribution < 1.29 is 22.8 Å². The fraction of sp³-hybridized carbons (Fsp3) is 0.385. The third-order valence-corrected chi connectivity index (χ3v) is 3.39. The molecule has 1 amide bonds. The van der Waals surface area contributed by atoms with Gasteiger partial charge in [-0.15, -0.1) is 12.4 Å². The number of carbonyl (C=O) groups excluding carboxylic acids is 2. The summed E-state index contributed by atoms with van der Waals surface area (Å²) in [5.41, 5.74) is 5.30. The smallest absolute Gasteiger partial charge is 0.254 e. The van der Waals surface area contributed by atoms with Gasteiger partial charge in [-0.05, 0) is 12.1 Å². The topological polar surface area (TPSA) is 66.6 Å². The van der Waals surface area contributed by atoms with E-state index in [0.29, 0.717) is 31.5 Å². The number of halogens is 4. The first kappa shape index (κ1) is 18.4. The van der Waals surface area contributed by atoms with Crippen molar-refractivity contribution in [1.29, 1.82) is 0 Å². The largest absolute Gasteiger partial charge is 0.336 e. The van der Waals surface area contributed by atoms with Gasteiger partial charge >= 0.3 is 0 Å². The molecule has 1 aromatic carbocycles. The summed E-state index contributed by atoms with van der Waals surface area (Å²) < 4.78 is 39.1. The molecule has 0 aromatic heterocycles. The summed E-state index contributed by atoms with van der Waals surface area (Å²) in [5, 5.41) is 0. The minimum atomic E-state index is -1.60. The highest BCUT2D eigenvalue weighted by Gasteiger charge is 2.26. The first-order valence-electron chi connectivity index (χ1n) is 6.32. The van der Waals surface area contributed by atoms with E-state index in [2.05, 4.69) is 0 Å². The van der Waals surface area contributed by atoms with Crippen LogP contribution in [0.2, 0.25) is 0 Å². The maximum atomic E-state index is 13.1. The van der Waals surface area contributed by atoms with Crippen LogP contribution in [0.3, 0.4) is 0 Å². The molecule has 0 spiro atoms. The number of nitrogens with two attached hydrogens (primary N) is 1. The normalized spacial score (nSPS) is 16.8. The molecule has 1 fully saturated rings. The molecule has 1 aromatic rings. The summed E-state index contributed by atoms with van der Waals surface area (Å²) >= 11 is 0. The molecule has 2 rings (SSSR count). The summed E-state index contributed by atoms with van der Waals surface area (Å²) in [5.74, 6) is -5.00. The molecule has 1 saturated heterocycles. The molecule has 122 valence electrons. The van der Waals surface area contributed by atoms with E-state index in [1.54, 1.807) is 4.90 Å². The van der Waals surface area contributed by atoms with Crippen LogP contribution in [0.15, 0.2) is 12.1 Å². The first-order valence-corrected chi connectivity index (χ1v) is 6.32. The van der Waals surface area contributed by atoms with Crippen molar-refractivity contribution in [3.05, 3.63) is 35.1 Å². The van der Waals surface area contributed by atoms with Gasteiger partial charge in [0.1, 0.15) is 6.17 Å². The highest BCUT2D eigenvalue weighted by Crippen LogP contribution is 2.16. The third-order valence-electron chi connectivity index (χ3n) is 3.39. The second-order valence-corrected chi connectivity index (χ2v) is 4.71. The van der Waals surface area contributed by atoms with E-state index < -0.39 is 29.5 Å². The Bertz CT molecular complexity index is 542. The van der Waals surface area contributed by atoms with E-state index in [-0.39, 0.29) is 31.1 Å². The van der Waals surface area contributed by atoms with E-state index in [1.807, 2.05) is 0 Å². The summed E-state index contributed by atoms with van der Waals surface area (Å²) in [6.07, 6.45) is -0.134. The van der Waals surface area contributed by atoms with Gasteiger partial charge in [-0.25, -0.2) is 13.2 Å². The fourth-order valence-corrected chi connectivity index (χ4v) is 2.17. The molecular weight excluding hydrogens is 323 g/mol. The van der Waals surface area contributed by atoms with Gasteiger partial charge in [0, 0.05) is 31.7 Å². The zero-order valence-electron chi connectivity index (χ0n) is 11.5. The Kier molecular flexibility index (Phi) is 6.34. The monoisotopic (exact) mass is 337 g/mol. The van der Waals surface area contributed by atoms with Gasteiger partial charge in [0.25, 0.3) is 5.91 Å². The molecule has 1 atom stereocenters. The molecule has 0 aliphatic carbocycles. The van der Waals surface area contributed by atoms with Crippen LogP contribution in [-0.4, -0.2) is 54.3 Å². The van der Waals surface area contributed by atoms with Gasteiger partial charge in [-0.3, -0.25) is 9.69 Å². The van der Waals surface area contributed by atoms with Crippen LogP contribution in [0.25, 0.3) is 0 Å². The Morgan fingerprint density at radius 1 is 1.14 bits per heavy atom. The molecule has 1 aliphatic rings. The highest BCUT2D eigenvalue weighted by molar-refractivity contribution is 5.94. The average molecular weight is 338 g/mol. The lowest BCUT2D eigenvalue weighted by atomic mass is 10.1. The molecule has 9 heteroatoms. The summed E-state index contributed by atoms with van der Waals surface area (Å²) in [7, 11) is 0. The predicted molar refractivity (Wildman–Crippen MR) is 75.1 cm³/mol. The number of amides is 1. The Balaban J connectivity index is 0.00000242. The number of benzene rings is 1. The first-order chi connectivity index (χ1) is 9.93. The molecule has 1 aliphatic heterocycles. The van der Waals surface area contributed by atoms with Crippen molar-refractivity contribution in [2.45, 2.75) is 6.17 Å². The Morgan fingerprint density at radius 2 is 1.64 bits per heavy atom. The number of hydrogen-bond acceptors (Lipinski definition) is 4. The van der Waals surface area contributed by atoms with Crippen LogP contribution in [0, 0.1) is 17.5 Å². The molecule has 2 N–H and O–H groups in total. The molecule has 0 saturated carbocycles. The van der Waals surface area contributed by atoms with Crippen LogP contribution in [0.5, 0.6) is 0 Å². The second kappa shape index (κ2) is 7.57. The summed E-state index contributed by atoms with van der Waals surface area (Å²) in [4.78, 5) is 25.8. The number of carbonyl (C=O) groups is 2. The lowest BCUT2D eigenvalue weighted by Crippen LogP contribution is -2.55. The molecule has 1 unspecified atom stereocenters. The van der Waals surface area contributed by atoms with Crippen molar-refractivity contribution in [3.8, 4) is 0 Å². The second-order valence-electron chi connectivity index (χ2n) is 4.71. The quantitative estimate of drug-likeness (QED) is 0.653. The van der Waals surface area contributed by atoms with Crippen LogP contribution < -0.4 is 5.73 Å². The Labute approximate surface area is 131 Å². The molecule has 22 heavy (non-hydrogen) atoms. The molecule has 0 radical (unpaired) electrons. The van der Waals surface area contributed by atoms with Crippen molar-refractivity contribution in [1.82, 2.24) is 9.80 Å². The van der Waals surface area contributed by atoms with Crippen LogP contribution in [-0.2, 0) is 4.79 Å². The average Bonchev–Trinajstić information content (AvgIpc) is 2.50. The maximum absolute atomic E-state index is 13.1. The standard InChI is InChI=1S/C13H14F3N3O2.ClH/c14-9-5-8(6-10(15)12(9)16)13(21)19-3-1-18(2-4-19)11(17)7-20;/h5-7,11H,1-4,17H2;1H. The van der Waals surface area contributed by atoms with Crippen molar-refractivity contribution in [2.24, 2.45) is 5.73 Å². The van der Waals surface area contributed by atoms with E-state index in [0.717, 1.165) is 0 Å². The zero-order chi connectivity index (χ0) is 15.6. The molecule has 0 bridgehead atoms. The van der Waals surface area contributed by atoms with E-state index >= 15 is 0 Å². The zero-order valence-corrected chi connectivity index (χ0v) is 12.3. The maximum Gasteiger partial charge on any atom is 0.254 e. The van der Waals surface area contributed by atoms with Crippen LogP contribution >= 0.6 is 12.4 Å². The van der Waals surface area contributed by atoms with E-state index in [4.69, 9.17) is 5.73 Å². The van der Waals surface area contributed by atoms with Gasteiger partial charge in [-0.1, -0.05) is 0 Å². The van der Waals surface area contributed by atoms with Gasteiger partial charge in [-0.2, -0.15) is 0 Å². The molecule has 1 heterocycles. The third kappa shape index (κ3) is 3.76. The summed E-state index contributed by atoms with van der Waals surface area (Å²) in [6.45, 7) is 1.28. The van der Waals surface area contributed by atoms with E-state index in [9.17, 15) is 22.8 Å². The van der Waals surface area contributed by atoms with Gasteiger partial charge < -0.3 is 15.4 Å². The fourth-order valence-electron chi connectivity index (χ4n) is 2.17. The Morgan fingerprint density at radius 3 is 2.09 bits per heavy atom. The minimum Gasteiger partial charge on any atom is -0.336 e. The number of aldehydes is 1. The van der Waals surface area contributed by atoms with Crippen molar-refractivity contribution in [2.75, 3.05) is 26.2 Å². The van der Waals surface area contributed by atoms with Crippen LogP contribution in [0.1, 0.15) is 10.4 Å². The van der Waals surface area contributed by atoms with Gasteiger partial charge in [0.15, 0.2) is 23.7 Å². The minimum absolute atomic E-state index is 0. The number of piperazine rings is 1. The highest BCUT2D eigenvalue weighted by atomic mass is 35.5. The van der Waals surface area contributed by atoms with Crippen molar-refractivity contribution in [3.63, 3.8) is 0 Å². The Hall–Kier alpha value is -1.64. The molecule has 5 nitrogen and oxygen atoms in total. The SMILES string of the molecule is Cl.NC(C=O)N1CCN(C(=O)c2cc(F)c(F)c(F)c2)CC1. The predicted octanol–water partition coefficient (Wildman–Crippen LogP) is 0.767. The van der Waals surface area contributed by atoms with E-state index in [1.165, 1.54) is 4.90 Å². The number of rotatable bonds is 3.